The number of ether oxygens (including phenoxy) is 4. The van der Waals surface area contributed by atoms with E-state index in [0.717, 1.165) is 5.56 Å². The monoisotopic (exact) mass is 397 g/mol. The second-order valence-corrected chi connectivity index (χ2v) is 7.07. The Morgan fingerprint density at radius 2 is 1.82 bits per heavy atom. The Labute approximate surface area is 166 Å². The molecule has 0 heterocycles. The first kappa shape index (κ1) is 23.6. The first-order valence-electron chi connectivity index (χ1n) is 9.25. The molecule has 0 aliphatic rings. The number of alkyl carbamates (subject to hydrolysis) is 1. The molecule has 0 aliphatic carbocycles. The van der Waals surface area contributed by atoms with E-state index in [1.807, 2.05) is 6.92 Å². The van der Waals surface area contributed by atoms with Crippen molar-refractivity contribution in [2.45, 2.75) is 58.8 Å². The van der Waals surface area contributed by atoms with Gasteiger partial charge in [0.2, 0.25) is 0 Å². The number of nitrogens with one attached hydrogen (secondary N) is 1. The van der Waals surface area contributed by atoms with Crippen LogP contribution in [0.3, 0.4) is 0 Å². The van der Waals surface area contributed by atoms with Crippen molar-refractivity contribution in [3.05, 3.63) is 23.8 Å². The van der Waals surface area contributed by atoms with Crippen molar-refractivity contribution in [3.63, 3.8) is 0 Å². The predicted molar refractivity (Wildman–Crippen MR) is 104 cm³/mol. The SMILES string of the molecule is CCOC(=O)NC(Cc1ccc(OC)c(OCC)c1)C(O)C(=O)OC(C)(C)C. The summed E-state index contributed by atoms with van der Waals surface area (Å²) in [7, 11) is 1.54. The zero-order valence-corrected chi connectivity index (χ0v) is 17.4. The van der Waals surface area contributed by atoms with Gasteiger partial charge in [-0.15, -0.1) is 0 Å². The molecule has 2 N–H and O–H groups in total. The summed E-state index contributed by atoms with van der Waals surface area (Å²) in [5, 5.41) is 13.0. The maximum Gasteiger partial charge on any atom is 0.407 e. The van der Waals surface area contributed by atoms with Crippen molar-refractivity contribution in [1.82, 2.24) is 5.32 Å². The standard InChI is InChI=1S/C20H31NO7/c1-7-26-16-12-13(9-10-15(16)25-6)11-14(21-19(24)27-8-2)17(22)18(23)28-20(3,4)5/h9-10,12,14,17,22H,7-8,11H2,1-6H3,(H,21,24). The highest BCUT2D eigenvalue weighted by Gasteiger charge is 2.32. The fourth-order valence-corrected chi connectivity index (χ4v) is 2.46. The fourth-order valence-electron chi connectivity index (χ4n) is 2.46. The summed E-state index contributed by atoms with van der Waals surface area (Å²) in [6, 6.07) is 4.28. The summed E-state index contributed by atoms with van der Waals surface area (Å²) in [6.45, 7) is 9.22. The molecular weight excluding hydrogens is 366 g/mol. The Kier molecular flexibility index (Phi) is 9.05. The number of methoxy groups -OCH3 is 1. The number of esters is 1. The molecule has 0 fully saturated rings. The van der Waals surface area contributed by atoms with E-state index >= 15 is 0 Å². The molecule has 0 radical (unpaired) electrons. The molecule has 1 aromatic rings. The topological polar surface area (TPSA) is 103 Å². The lowest BCUT2D eigenvalue weighted by molar-refractivity contribution is -0.166. The van der Waals surface area contributed by atoms with Gasteiger partial charge in [0, 0.05) is 0 Å². The predicted octanol–water partition coefficient (Wildman–Crippen LogP) is 2.45. The fraction of sp³-hybridized carbons (Fsp3) is 0.600. The van der Waals surface area contributed by atoms with Crippen LogP contribution in [0.15, 0.2) is 18.2 Å². The molecule has 2 atom stereocenters. The molecular formula is C20H31NO7. The van der Waals surface area contributed by atoms with Crippen LogP contribution >= 0.6 is 0 Å². The largest absolute Gasteiger partial charge is 0.493 e. The molecule has 1 amide bonds. The number of rotatable bonds is 9. The van der Waals surface area contributed by atoms with Gasteiger partial charge in [-0.05, 0) is 58.7 Å². The van der Waals surface area contributed by atoms with Gasteiger partial charge in [0.1, 0.15) is 5.60 Å². The van der Waals surface area contributed by atoms with Crippen LogP contribution in [0.1, 0.15) is 40.2 Å². The van der Waals surface area contributed by atoms with Crippen LogP contribution in [0, 0.1) is 0 Å². The maximum atomic E-state index is 12.3. The summed E-state index contributed by atoms with van der Waals surface area (Å²) in [5.41, 5.74) is -0.0388. The first-order valence-corrected chi connectivity index (χ1v) is 9.25. The number of aliphatic hydroxyl groups excluding tert-OH is 1. The Morgan fingerprint density at radius 1 is 1.14 bits per heavy atom. The normalized spacial score (nSPS) is 13.2. The molecule has 1 aromatic carbocycles. The van der Waals surface area contributed by atoms with Crippen LogP contribution in [-0.2, 0) is 20.7 Å². The molecule has 8 nitrogen and oxygen atoms in total. The molecule has 0 aliphatic heterocycles. The van der Waals surface area contributed by atoms with Crippen LogP contribution in [0.5, 0.6) is 11.5 Å². The smallest absolute Gasteiger partial charge is 0.407 e. The van der Waals surface area contributed by atoms with Crippen LogP contribution in [0.2, 0.25) is 0 Å². The van der Waals surface area contributed by atoms with Gasteiger partial charge < -0.3 is 29.4 Å². The van der Waals surface area contributed by atoms with Crippen molar-refractivity contribution in [2.75, 3.05) is 20.3 Å². The minimum atomic E-state index is -1.57. The summed E-state index contributed by atoms with van der Waals surface area (Å²) in [4.78, 5) is 24.2. The van der Waals surface area contributed by atoms with E-state index in [4.69, 9.17) is 18.9 Å². The Morgan fingerprint density at radius 3 is 2.36 bits per heavy atom. The zero-order chi connectivity index (χ0) is 21.3. The Balaban J connectivity index is 3.06. The molecule has 28 heavy (non-hydrogen) atoms. The molecule has 0 spiro atoms. The van der Waals surface area contributed by atoms with Gasteiger partial charge in [0.25, 0.3) is 0 Å². The third-order valence-corrected chi connectivity index (χ3v) is 3.59. The lowest BCUT2D eigenvalue weighted by atomic mass is 10.0. The number of carbonyl (C=O) groups is 2. The van der Waals surface area contributed by atoms with E-state index < -0.39 is 29.8 Å². The van der Waals surface area contributed by atoms with Gasteiger partial charge in [0.15, 0.2) is 17.6 Å². The highest BCUT2D eigenvalue weighted by atomic mass is 16.6. The summed E-state index contributed by atoms with van der Waals surface area (Å²) in [5.74, 6) is 0.269. The number of hydrogen-bond donors (Lipinski definition) is 2. The van der Waals surface area contributed by atoms with Gasteiger partial charge in [-0.25, -0.2) is 9.59 Å². The lowest BCUT2D eigenvalue weighted by Gasteiger charge is -2.27. The number of amides is 1. The van der Waals surface area contributed by atoms with E-state index in [0.29, 0.717) is 18.1 Å². The van der Waals surface area contributed by atoms with Crippen molar-refractivity contribution >= 4 is 12.1 Å². The van der Waals surface area contributed by atoms with E-state index in [-0.39, 0.29) is 13.0 Å². The Hall–Kier alpha value is -2.48. The maximum absolute atomic E-state index is 12.3. The van der Waals surface area contributed by atoms with Crippen LogP contribution in [-0.4, -0.2) is 55.2 Å². The molecule has 0 bridgehead atoms. The molecule has 8 heteroatoms. The van der Waals surface area contributed by atoms with Gasteiger partial charge in [-0.1, -0.05) is 6.07 Å². The molecule has 0 aromatic heterocycles. The van der Waals surface area contributed by atoms with Gasteiger partial charge in [-0.2, -0.15) is 0 Å². The van der Waals surface area contributed by atoms with E-state index in [1.54, 1.807) is 45.9 Å². The first-order chi connectivity index (χ1) is 13.1. The third kappa shape index (κ3) is 7.64. The Bertz CT molecular complexity index is 654. The van der Waals surface area contributed by atoms with Crippen molar-refractivity contribution in [1.29, 1.82) is 0 Å². The van der Waals surface area contributed by atoms with Crippen molar-refractivity contribution < 1.29 is 33.6 Å². The quantitative estimate of drug-likeness (QED) is 0.617. The van der Waals surface area contributed by atoms with Gasteiger partial charge >= 0.3 is 12.1 Å². The number of carbonyl (C=O) groups excluding carboxylic acids is 2. The second kappa shape index (κ2) is 10.8. The molecule has 1 rings (SSSR count). The summed E-state index contributed by atoms with van der Waals surface area (Å²) < 4.78 is 20.9. The van der Waals surface area contributed by atoms with Crippen molar-refractivity contribution in [2.24, 2.45) is 0 Å². The molecule has 2 unspecified atom stereocenters. The third-order valence-electron chi connectivity index (χ3n) is 3.59. The second-order valence-electron chi connectivity index (χ2n) is 7.07. The lowest BCUT2D eigenvalue weighted by Crippen LogP contribution is -2.50. The minimum Gasteiger partial charge on any atom is -0.493 e. The molecule has 0 saturated carbocycles. The van der Waals surface area contributed by atoms with Crippen LogP contribution in [0.4, 0.5) is 4.79 Å². The van der Waals surface area contributed by atoms with E-state index in [1.165, 1.54) is 7.11 Å². The van der Waals surface area contributed by atoms with E-state index in [9.17, 15) is 14.7 Å². The minimum absolute atomic E-state index is 0.156. The molecule has 158 valence electrons. The average Bonchev–Trinajstić information content (AvgIpc) is 2.60. The number of hydrogen-bond acceptors (Lipinski definition) is 7. The van der Waals surface area contributed by atoms with Gasteiger partial charge in [-0.3, -0.25) is 0 Å². The summed E-state index contributed by atoms with van der Waals surface area (Å²) >= 11 is 0. The van der Waals surface area contributed by atoms with Crippen molar-refractivity contribution in [3.8, 4) is 11.5 Å². The highest BCUT2D eigenvalue weighted by molar-refractivity contribution is 5.77. The summed E-state index contributed by atoms with van der Waals surface area (Å²) in [6.07, 6.45) is -2.14. The zero-order valence-electron chi connectivity index (χ0n) is 17.4. The van der Waals surface area contributed by atoms with Gasteiger partial charge in [0.05, 0.1) is 26.4 Å². The number of benzene rings is 1. The highest BCUT2D eigenvalue weighted by Crippen LogP contribution is 2.28. The van der Waals surface area contributed by atoms with Crippen LogP contribution < -0.4 is 14.8 Å². The van der Waals surface area contributed by atoms with Crippen LogP contribution in [0.25, 0.3) is 0 Å². The van der Waals surface area contributed by atoms with E-state index in [2.05, 4.69) is 5.32 Å². The average molecular weight is 397 g/mol. The number of aliphatic hydroxyl groups is 1. The molecule has 0 saturated heterocycles.